The third-order valence-electron chi connectivity index (χ3n) is 5.11. The second-order valence-electron chi connectivity index (χ2n) is 6.97. The number of ether oxygens (including phenoxy) is 2. The highest BCUT2D eigenvalue weighted by Crippen LogP contribution is 2.35. The number of rotatable bonds is 2. The van der Waals surface area contributed by atoms with Crippen LogP contribution in [0.15, 0.2) is 36.9 Å². The van der Waals surface area contributed by atoms with Crippen molar-refractivity contribution in [2.45, 2.75) is 25.7 Å². The van der Waals surface area contributed by atoms with Crippen molar-refractivity contribution in [1.29, 1.82) is 0 Å². The minimum absolute atomic E-state index is 0.182. The van der Waals surface area contributed by atoms with E-state index in [0.29, 0.717) is 36.0 Å². The van der Waals surface area contributed by atoms with Gasteiger partial charge in [0.2, 0.25) is 0 Å². The van der Waals surface area contributed by atoms with Crippen molar-refractivity contribution in [3.05, 3.63) is 53.7 Å². The third-order valence-corrected chi connectivity index (χ3v) is 5.11. The van der Waals surface area contributed by atoms with Gasteiger partial charge in [-0.15, -0.1) is 0 Å². The summed E-state index contributed by atoms with van der Waals surface area (Å²) in [7, 11) is 0. The average Bonchev–Trinajstić information content (AvgIpc) is 2.87. The molecular weight excluding hydrogens is 356 g/mol. The predicted molar refractivity (Wildman–Crippen MR) is 104 cm³/mol. The number of hydrogen-bond donors (Lipinski definition) is 2. The van der Waals surface area contributed by atoms with Crippen LogP contribution in [0.3, 0.4) is 0 Å². The first-order valence-corrected chi connectivity index (χ1v) is 9.50. The maximum Gasteiger partial charge on any atom is 0.257 e. The Morgan fingerprint density at radius 1 is 1.11 bits per heavy atom. The zero-order chi connectivity index (χ0) is 18.9. The Morgan fingerprint density at radius 3 is 2.93 bits per heavy atom. The summed E-state index contributed by atoms with van der Waals surface area (Å²) in [6, 6.07) is 5.46. The fraction of sp³-hybridized carbons (Fsp3) is 0.286. The van der Waals surface area contributed by atoms with E-state index in [4.69, 9.17) is 9.47 Å². The molecule has 0 spiro atoms. The fourth-order valence-electron chi connectivity index (χ4n) is 3.77. The Bertz CT molecular complexity index is 1040. The Morgan fingerprint density at radius 2 is 2.00 bits per heavy atom. The van der Waals surface area contributed by atoms with Gasteiger partial charge in [0.1, 0.15) is 6.33 Å². The lowest BCUT2D eigenvalue weighted by molar-refractivity contribution is 0.102. The molecule has 7 nitrogen and oxygen atoms in total. The van der Waals surface area contributed by atoms with Crippen LogP contribution in [-0.2, 0) is 12.8 Å². The van der Waals surface area contributed by atoms with E-state index in [2.05, 4.69) is 20.3 Å². The molecule has 1 amide bonds. The van der Waals surface area contributed by atoms with E-state index in [1.54, 1.807) is 12.3 Å². The van der Waals surface area contributed by atoms with Crippen molar-refractivity contribution < 1.29 is 14.3 Å². The standard InChI is InChI=1S/C21H20N4O3/c26-21(25-14-5-6-17-18(9-14)28-8-2-7-27-17)15-11-23-16-4-1-3-13-10-22-12-24-20(13)19(15)16/h5-6,9-12,23H,1-4,7-8H2,(H,25,26). The lowest BCUT2D eigenvalue weighted by Crippen LogP contribution is -2.13. The zero-order valence-corrected chi connectivity index (χ0v) is 15.3. The number of nitrogens with zero attached hydrogens (tertiary/aromatic N) is 2. The van der Waals surface area contributed by atoms with Gasteiger partial charge in [-0.1, -0.05) is 0 Å². The second kappa shape index (κ2) is 6.99. The largest absolute Gasteiger partial charge is 0.490 e. The molecule has 2 aromatic heterocycles. The van der Waals surface area contributed by atoms with Gasteiger partial charge in [-0.3, -0.25) is 4.79 Å². The smallest absolute Gasteiger partial charge is 0.257 e. The van der Waals surface area contributed by atoms with Gasteiger partial charge in [0.25, 0.3) is 5.91 Å². The minimum atomic E-state index is -0.182. The normalized spacial score (nSPS) is 15.0. The molecule has 0 saturated carbocycles. The topological polar surface area (TPSA) is 89.1 Å². The van der Waals surface area contributed by atoms with Crippen LogP contribution in [0.2, 0.25) is 0 Å². The van der Waals surface area contributed by atoms with Gasteiger partial charge in [0.05, 0.1) is 24.5 Å². The number of aryl methyl sites for hydroxylation is 2. The number of benzene rings is 1. The molecule has 142 valence electrons. The molecule has 28 heavy (non-hydrogen) atoms. The van der Waals surface area contributed by atoms with Crippen molar-refractivity contribution in [2.75, 3.05) is 18.5 Å². The Hall–Kier alpha value is -3.35. The van der Waals surface area contributed by atoms with Gasteiger partial charge >= 0.3 is 0 Å². The summed E-state index contributed by atoms with van der Waals surface area (Å²) in [5.74, 6) is 1.18. The molecule has 2 N–H and O–H groups in total. The molecule has 0 atom stereocenters. The quantitative estimate of drug-likeness (QED) is 0.716. The molecule has 3 aromatic rings. The summed E-state index contributed by atoms with van der Waals surface area (Å²) < 4.78 is 11.4. The van der Waals surface area contributed by atoms with E-state index < -0.39 is 0 Å². The van der Waals surface area contributed by atoms with Gasteiger partial charge in [-0.25, -0.2) is 9.97 Å². The van der Waals surface area contributed by atoms with E-state index in [9.17, 15) is 4.79 Å². The highest BCUT2D eigenvalue weighted by atomic mass is 16.5. The van der Waals surface area contributed by atoms with E-state index in [1.165, 1.54) is 6.33 Å². The van der Waals surface area contributed by atoms with Crippen molar-refractivity contribution in [3.8, 4) is 22.8 Å². The molecule has 0 unspecified atom stereocenters. The molecule has 3 heterocycles. The third kappa shape index (κ3) is 2.98. The molecule has 2 aliphatic rings. The van der Waals surface area contributed by atoms with E-state index in [0.717, 1.165) is 48.2 Å². The first-order chi connectivity index (χ1) is 13.8. The maximum absolute atomic E-state index is 13.1. The fourth-order valence-corrected chi connectivity index (χ4v) is 3.77. The Labute approximate surface area is 162 Å². The summed E-state index contributed by atoms with van der Waals surface area (Å²) >= 11 is 0. The number of amides is 1. The number of carbonyl (C=O) groups is 1. The van der Waals surface area contributed by atoms with Crippen LogP contribution >= 0.6 is 0 Å². The van der Waals surface area contributed by atoms with E-state index in [1.807, 2.05) is 18.3 Å². The summed E-state index contributed by atoms with van der Waals surface area (Å²) in [6.45, 7) is 1.24. The van der Waals surface area contributed by atoms with Crippen LogP contribution in [0, 0.1) is 0 Å². The maximum atomic E-state index is 13.1. The van der Waals surface area contributed by atoms with Crippen LogP contribution in [-0.4, -0.2) is 34.1 Å². The first kappa shape index (κ1) is 16.8. The molecule has 1 aliphatic heterocycles. The monoisotopic (exact) mass is 376 g/mol. The van der Waals surface area contributed by atoms with Gasteiger partial charge in [0.15, 0.2) is 11.5 Å². The molecule has 1 aromatic carbocycles. The SMILES string of the molecule is O=C(Nc1ccc2c(c1)OCCCO2)c1c[nH]c2c1-c1ncncc1CCC2. The van der Waals surface area contributed by atoms with Crippen molar-refractivity contribution in [2.24, 2.45) is 0 Å². The summed E-state index contributed by atoms with van der Waals surface area (Å²) in [4.78, 5) is 24.9. The van der Waals surface area contributed by atoms with Crippen molar-refractivity contribution in [3.63, 3.8) is 0 Å². The molecule has 0 saturated heterocycles. The zero-order valence-electron chi connectivity index (χ0n) is 15.3. The van der Waals surface area contributed by atoms with Gasteiger partial charge in [-0.05, 0) is 37.0 Å². The first-order valence-electron chi connectivity index (χ1n) is 9.50. The van der Waals surface area contributed by atoms with Gasteiger partial charge < -0.3 is 19.8 Å². The highest BCUT2D eigenvalue weighted by Gasteiger charge is 2.24. The van der Waals surface area contributed by atoms with Crippen LogP contribution in [0.1, 0.15) is 34.5 Å². The molecule has 0 fully saturated rings. The number of nitrogens with one attached hydrogen (secondary N) is 2. The predicted octanol–water partition coefficient (Wildman–Crippen LogP) is 3.37. The summed E-state index contributed by atoms with van der Waals surface area (Å²) in [5, 5.41) is 2.98. The molecule has 1 aliphatic carbocycles. The number of H-pyrrole nitrogens is 1. The van der Waals surface area contributed by atoms with Crippen LogP contribution in [0.25, 0.3) is 11.3 Å². The number of anilines is 1. The minimum Gasteiger partial charge on any atom is -0.490 e. The van der Waals surface area contributed by atoms with Crippen molar-refractivity contribution >= 4 is 11.6 Å². The Kier molecular flexibility index (Phi) is 4.20. The number of hydrogen-bond acceptors (Lipinski definition) is 5. The molecule has 5 rings (SSSR count). The van der Waals surface area contributed by atoms with Gasteiger partial charge in [0, 0.05) is 41.8 Å². The van der Waals surface area contributed by atoms with E-state index >= 15 is 0 Å². The second-order valence-corrected chi connectivity index (χ2v) is 6.97. The number of aromatic amines is 1. The number of fused-ring (bicyclic) bond motifs is 4. The van der Waals surface area contributed by atoms with Crippen LogP contribution in [0.5, 0.6) is 11.5 Å². The lowest BCUT2D eigenvalue weighted by atomic mass is 10.0. The Balaban J connectivity index is 1.47. The van der Waals surface area contributed by atoms with E-state index in [-0.39, 0.29) is 5.91 Å². The molecule has 7 heteroatoms. The summed E-state index contributed by atoms with van der Waals surface area (Å²) in [6.07, 6.45) is 8.76. The average molecular weight is 376 g/mol. The van der Waals surface area contributed by atoms with Gasteiger partial charge in [-0.2, -0.15) is 0 Å². The van der Waals surface area contributed by atoms with Crippen LogP contribution < -0.4 is 14.8 Å². The number of carbonyl (C=O) groups excluding carboxylic acids is 1. The molecule has 0 radical (unpaired) electrons. The lowest BCUT2D eigenvalue weighted by Gasteiger charge is -2.11. The van der Waals surface area contributed by atoms with Crippen LogP contribution in [0.4, 0.5) is 5.69 Å². The summed E-state index contributed by atoms with van der Waals surface area (Å²) in [5.41, 5.74) is 5.09. The van der Waals surface area contributed by atoms with Crippen molar-refractivity contribution in [1.82, 2.24) is 15.0 Å². The molecule has 0 bridgehead atoms. The highest BCUT2D eigenvalue weighted by molar-refractivity contribution is 6.09. The number of aromatic nitrogens is 3. The molecular formula is C21H20N4O3.